The summed E-state index contributed by atoms with van der Waals surface area (Å²) in [4.78, 5) is 13.7. The summed E-state index contributed by atoms with van der Waals surface area (Å²) in [6, 6.07) is 1.56. The van der Waals surface area contributed by atoms with Gasteiger partial charge in [-0.2, -0.15) is 13.2 Å². The van der Waals surface area contributed by atoms with Gasteiger partial charge in [0.2, 0.25) is 0 Å². The number of thiophene rings is 1. The van der Waals surface area contributed by atoms with Crippen molar-refractivity contribution in [1.82, 2.24) is 14.9 Å². The van der Waals surface area contributed by atoms with Gasteiger partial charge in [-0.3, -0.25) is 0 Å². The summed E-state index contributed by atoms with van der Waals surface area (Å²) in [5.74, 6) is -0.743. The van der Waals surface area contributed by atoms with Crippen molar-refractivity contribution >= 4 is 27.4 Å². The predicted molar refractivity (Wildman–Crippen MR) is 114 cm³/mol. The number of fused-ring (bicyclic) bond motifs is 1. The zero-order chi connectivity index (χ0) is 22.7. The maximum Gasteiger partial charge on any atom is 0.393 e. The van der Waals surface area contributed by atoms with Gasteiger partial charge >= 0.3 is 6.18 Å². The Hall–Kier alpha value is -2.07. The lowest BCUT2D eigenvalue weighted by Crippen LogP contribution is -2.58. The van der Waals surface area contributed by atoms with Gasteiger partial charge in [0.1, 0.15) is 28.6 Å². The Balaban J connectivity index is 1.25. The standard InChI is InChI=1S/C22H23F5N4S/c1-13-4-14(23)5-18(24)17(13)8-30-9-21(10-30)2-3-31(11-21)19-16-6-15(7-22(25,26)27)32-20(16)29-12-28-19/h4-6,12-13,17H,2-3,7-11H2,1H3. The number of hydrogen-bond donors (Lipinski definition) is 0. The van der Waals surface area contributed by atoms with Crippen molar-refractivity contribution < 1.29 is 22.0 Å². The number of hydrogen-bond acceptors (Lipinski definition) is 5. The van der Waals surface area contributed by atoms with Crippen molar-refractivity contribution in [1.29, 1.82) is 0 Å². The molecule has 1 aliphatic carbocycles. The molecule has 4 heterocycles. The van der Waals surface area contributed by atoms with E-state index in [0.29, 0.717) is 22.6 Å². The van der Waals surface area contributed by atoms with E-state index < -0.39 is 24.3 Å². The van der Waals surface area contributed by atoms with E-state index in [-0.39, 0.29) is 22.1 Å². The second kappa shape index (κ2) is 7.76. The average molecular weight is 471 g/mol. The van der Waals surface area contributed by atoms with Crippen LogP contribution in [-0.2, 0) is 6.42 Å². The maximum atomic E-state index is 14.2. The van der Waals surface area contributed by atoms with Crippen LogP contribution in [0.4, 0.5) is 27.8 Å². The van der Waals surface area contributed by atoms with Crippen LogP contribution in [0.5, 0.6) is 0 Å². The number of nitrogens with zero attached hydrogens (tertiary/aromatic N) is 4. The number of rotatable bonds is 4. The van der Waals surface area contributed by atoms with E-state index in [1.54, 1.807) is 6.07 Å². The van der Waals surface area contributed by atoms with Crippen LogP contribution in [0.3, 0.4) is 0 Å². The molecule has 3 aliphatic rings. The van der Waals surface area contributed by atoms with Crippen molar-refractivity contribution in [2.75, 3.05) is 37.6 Å². The first-order valence-electron chi connectivity index (χ1n) is 10.6. The molecule has 1 spiro atoms. The molecular formula is C22H23F5N4S. The molecule has 4 nitrogen and oxygen atoms in total. The van der Waals surface area contributed by atoms with Crippen LogP contribution in [0.15, 0.2) is 36.2 Å². The Morgan fingerprint density at radius 2 is 1.97 bits per heavy atom. The van der Waals surface area contributed by atoms with Crippen LogP contribution in [0.2, 0.25) is 0 Å². The lowest BCUT2D eigenvalue weighted by Gasteiger charge is -2.49. The monoisotopic (exact) mass is 470 g/mol. The predicted octanol–water partition coefficient (Wildman–Crippen LogP) is 5.28. The summed E-state index contributed by atoms with van der Waals surface area (Å²) in [5.41, 5.74) is 0.0707. The molecule has 0 amide bonds. The van der Waals surface area contributed by atoms with E-state index in [1.807, 2.05) is 6.92 Å². The van der Waals surface area contributed by atoms with Gasteiger partial charge in [-0.25, -0.2) is 18.7 Å². The Kier molecular flexibility index (Phi) is 5.28. The Morgan fingerprint density at radius 3 is 2.69 bits per heavy atom. The van der Waals surface area contributed by atoms with Crippen LogP contribution in [-0.4, -0.2) is 53.8 Å². The number of anilines is 1. The van der Waals surface area contributed by atoms with Crippen LogP contribution < -0.4 is 4.90 Å². The Morgan fingerprint density at radius 1 is 1.19 bits per heavy atom. The molecule has 2 unspecified atom stereocenters. The minimum absolute atomic E-state index is 0.0707. The van der Waals surface area contributed by atoms with Gasteiger partial charge < -0.3 is 9.80 Å². The third-order valence-electron chi connectivity index (χ3n) is 6.73. The van der Waals surface area contributed by atoms with Gasteiger partial charge in [0.25, 0.3) is 0 Å². The van der Waals surface area contributed by atoms with Crippen molar-refractivity contribution in [2.45, 2.75) is 25.9 Å². The third-order valence-corrected chi connectivity index (χ3v) is 7.77. The van der Waals surface area contributed by atoms with Crippen LogP contribution in [0.25, 0.3) is 10.2 Å². The highest BCUT2D eigenvalue weighted by atomic mass is 32.1. The lowest BCUT2D eigenvalue weighted by atomic mass is 9.77. The molecule has 172 valence electrons. The topological polar surface area (TPSA) is 32.3 Å². The van der Waals surface area contributed by atoms with Gasteiger partial charge in [0.05, 0.1) is 11.8 Å². The van der Waals surface area contributed by atoms with E-state index in [4.69, 9.17) is 0 Å². The molecule has 2 atom stereocenters. The van der Waals surface area contributed by atoms with Crippen LogP contribution in [0, 0.1) is 17.3 Å². The summed E-state index contributed by atoms with van der Waals surface area (Å²) in [6.07, 6.45) is -0.415. The fraction of sp³-hybridized carbons (Fsp3) is 0.545. The smallest absolute Gasteiger partial charge is 0.355 e. The zero-order valence-corrected chi connectivity index (χ0v) is 18.3. The molecule has 0 aromatic carbocycles. The number of halogens is 5. The minimum atomic E-state index is -4.26. The number of likely N-dealkylation sites (tertiary alicyclic amines) is 1. The van der Waals surface area contributed by atoms with Gasteiger partial charge in [-0.05, 0) is 24.5 Å². The number of allylic oxidation sites excluding steroid dienone is 3. The van der Waals surface area contributed by atoms with E-state index in [2.05, 4.69) is 19.8 Å². The zero-order valence-electron chi connectivity index (χ0n) is 17.5. The highest BCUT2D eigenvalue weighted by molar-refractivity contribution is 7.18. The molecule has 10 heteroatoms. The summed E-state index contributed by atoms with van der Waals surface area (Å²) >= 11 is 1.06. The normalized spacial score (nSPS) is 25.9. The molecule has 0 bridgehead atoms. The SMILES string of the molecule is CC1C=C(F)C=C(F)C1CN1CC2(CCN(c3ncnc4sc(CC(F)(F)F)cc34)C2)C1. The number of aromatic nitrogens is 2. The highest BCUT2D eigenvalue weighted by Gasteiger charge is 2.49. The maximum absolute atomic E-state index is 14.2. The fourth-order valence-electron chi connectivity index (χ4n) is 5.27. The fourth-order valence-corrected chi connectivity index (χ4v) is 6.29. The summed E-state index contributed by atoms with van der Waals surface area (Å²) in [7, 11) is 0. The van der Waals surface area contributed by atoms with Crippen molar-refractivity contribution in [3.8, 4) is 0 Å². The Labute approximate surface area is 186 Å². The van der Waals surface area contributed by atoms with Gasteiger partial charge in [0, 0.05) is 55.0 Å². The summed E-state index contributed by atoms with van der Waals surface area (Å²) in [6.45, 7) is 5.56. The second-order valence-corrected chi connectivity index (χ2v) is 10.4. The molecule has 0 radical (unpaired) electrons. The first kappa shape index (κ1) is 21.8. The molecule has 2 aliphatic heterocycles. The largest absolute Gasteiger partial charge is 0.393 e. The first-order valence-corrected chi connectivity index (χ1v) is 11.4. The molecule has 2 aromatic heterocycles. The van der Waals surface area contributed by atoms with Crippen LogP contribution in [0.1, 0.15) is 18.2 Å². The van der Waals surface area contributed by atoms with E-state index in [0.717, 1.165) is 50.0 Å². The molecule has 0 N–H and O–H groups in total. The second-order valence-electron chi connectivity index (χ2n) is 9.31. The number of alkyl halides is 3. The minimum Gasteiger partial charge on any atom is -0.355 e. The Bertz CT molecular complexity index is 1090. The van der Waals surface area contributed by atoms with Crippen molar-refractivity contribution in [3.05, 3.63) is 41.1 Å². The molecular weight excluding hydrogens is 447 g/mol. The highest BCUT2D eigenvalue weighted by Crippen LogP contribution is 2.44. The average Bonchev–Trinajstić information content (AvgIpc) is 3.26. The molecule has 32 heavy (non-hydrogen) atoms. The summed E-state index contributed by atoms with van der Waals surface area (Å²) < 4.78 is 66.0. The lowest BCUT2D eigenvalue weighted by molar-refractivity contribution is -0.126. The third kappa shape index (κ3) is 4.14. The summed E-state index contributed by atoms with van der Waals surface area (Å²) in [5, 5.41) is 0.669. The van der Waals surface area contributed by atoms with Crippen molar-refractivity contribution in [3.63, 3.8) is 0 Å². The molecule has 2 fully saturated rings. The van der Waals surface area contributed by atoms with Crippen molar-refractivity contribution in [2.24, 2.45) is 17.3 Å². The quantitative estimate of drug-likeness (QED) is 0.569. The molecule has 2 saturated heterocycles. The molecule has 2 aromatic rings. The van der Waals surface area contributed by atoms with Gasteiger partial charge in [-0.1, -0.05) is 6.92 Å². The van der Waals surface area contributed by atoms with Gasteiger partial charge in [0.15, 0.2) is 0 Å². The first-order chi connectivity index (χ1) is 15.1. The van der Waals surface area contributed by atoms with E-state index in [9.17, 15) is 22.0 Å². The van der Waals surface area contributed by atoms with Gasteiger partial charge in [-0.15, -0.1) is 11.3 Å². The van der Waals surface area contributed by atoms with E-state index in [1.165, 1.54) is 12.4 Å². The van der Waals surface area contributed by atoms with Crippen LogP contribution >= 0.6 is 11.3 Å². The molecule has 5 rings (SSSR count). The van der Waals surface area contributed by atoms with E-state index >= 15 is 0 Å². The molecule has 0 saturated carbocycles.